The van der Waals surface area contributed by atoms with Crippen molar-refractivity contribution in [3.8, 4) is 0 Å². The second kappa shape index (κ2) is 8.29. The lowest BCUT2D eigenvalue weighted by Gasteiger charge is -2.29. The molecule has 1 unspecified atom stereocenters. The van der Waals surface area contributed by atoms with E-state index >= 15 is 0 Å². The minimum Gasteiger partial charge on any atom is -0.378 e. The van der Waals surface area contributed by atoms with E-state index in [1.807, 2.05) is 31.2 Å². The van der Waals surface area contributed by atoms with Gasteiger partial charge in [-0.25, -0.2) is 4.98 Å². The van der Waals surface area contributed by atoms with E-state index in [0.29, 0.717) is 37.1 Å². The molecule has 2 amide bonds. The van der Waals surface area contributed by atoms with Gasteiger partial charge in [-0.15, -0.1) is 11.3 Å². The molecule has 8 heteroatoms. The zero-order valence-electron chi connectivity index (χ0n) is 14.8. The van der Waals surface area contributed by atoms with Gasteiger partial charge < -0.3 is 20.3 Å². The Hall–Kier alpha value is -2.45. The molecule has 2 N–H and O–H groups in total. The van der Waals surface area contributed by atoms with Crippen LogP contribution < -0.4 is 10.6 Å². The molecule has 2 heterocycles. The number of hydrogen-bond donors (Lipinski definition) is 2. The SMILES string of the molecule is Cc1cccc(Nc2nc(C(=O)NC(C)C(=O)N3CCOCC3)cs2)c1. The van der Waals surface area contributed by atoms with Crippen molar-refractivity contribution in [2.75, 3.05) is 31.6 Å². The van der Waals surface area contributed by atoms with E-state index in [9.17, 15) is 9.59 Å². The molecular weight excluding hydrogens is 352 g/mol. The van der Waals surface area contributed by atoms with Crippen LogP contribution in [0.25, 0.3) is 0 Å². The summed E-state index contributed by atoms with van der Waals surface area (Å²) in [5.41, 5.74) is 2.36. The number of hydrogen-bond acceptors (Lipinski definition) is 6. The minimum atomic E-state index is -0.601. The monoisotopic (exact) mass is 374 g/mol. The Balaban J connectivity index is 1.58. The fourth-order valence-electron chi connectivity index (χ4n) is 2.67. The highest BCUT2D eigenvalue weighted by atomic mass is 32.1. The highest BCUT2D eigenvalue weighted by Crippen LogP contribution is 2.21. The van der Waals surface area contributed by atoms with E-state index in [2.05, 4.69) is 15.6 Å². The Morgan fingerprint density at radius 3 is 2.81 bits per heavy atom. The maximum atomic E-state index is 12.4. The van der Waals surface area contributed by atoms with Crippen molar-refractivity contribution in [2.24, 2.45) is 0 Å². The number of morpholine rings is 1. The predicted octanol–water partition coefficient (Wildman–Crippen LogP) is 2.17. The summed E-state index contributed by atoms with van der Waals surface area (Å²) in [6, 6.07) is 7.31. The van der Waals surface area contributed by atoms with Crippen LogP contribution in [0, 0.1) is 6.92 Å². The van der Waals surface area contributed by atoms with Crippen molar-refractivity contribution < 1.29 is 14.3 Å². The van der Waals surface area contributed by atoms with Crippen LogP contribution in [0.2, 0.25) is 0 Å². The van der Waals surface area contributed by atoms with Gasteiger partial charge in [0.15, 0.2) is 5.13 Å². The molecule has 1 aromatic heterocycles. The Labute approximate surface area is 156 Å². The quantitative estimate of drug-likeness (QED) is 0.838. The molecule has 1 aliphatic rings. The lowest BCUT2D eigenvalue weighted by molar-refractivity contribution is -0.136. The summed E-state index contributed by atoms with van der Waals surface area (Å²) in [5.74, 6) is -0.456. The van der Waals surface area contributed by atoms with Crippen LogP contribution in [0.3, 0.4) is 0 Å². The first-order valence-electron chi connectivity index (χ1n) is 8.49. The van der Waals surface area contributed by atoms with Crippen molar-refractivity contribution in [2.45, 2.75) is 19.9 Å². The average molecular weight is 374 g/mol. The molecule has 7 nitrogen and oxygen atoms in total. The third kappa shape index (κ3) is 4.59. The Morgan fingerprint density at radius 2 is 2.08 bits per heavy atom. The number of thiazole rings is 1. The second-order valence-corrected chi connectivity index (χ2v) is 7.02. The van der Waals surface area contributed by atoms with Gasteiger partial charge in [0.2, 0.25) is 5.91 Å². The molecule has 2 aromatic rings. The highest BCUT2D eigenvalue weighted by Gasteiger charge is 2.24. The summed E-state index contributed by atoms with van der Waals surface area (Å²) in [5, 5.41) is 8.22. The van der Waals surface area contributed by atoms with Crippen LogP contribution in [0.15, 0.2) is 29.6 Å². The van der Waals surface area contributed by atoms with Crippen molar-refractivity contribution in [3.63, 3.8) is 0 Å². The minimum absolute atomic E-state index is 0.102. The van der Waals surface area contributed by atoms with Crippen molar-refractivity contribution in [1.29, 1.82) is 0 Å². The fraction of sp³-hybridized carbons (Fsp3) is 0.389. The molecule has 1 aliphatic heterocycles. The topological polar surface area (TPSA) is 83.6 Å². The van der Waals surface area contributed by atoms with E-state index in [0.717, 1.165) is 11.3 Å². The van der Waals surface area contributed by atoms with Crippen molar-refractivity contribution in [1.82, 2.24) is 15.2 Å². The number of aryl methyl sites for hydroxylation is 1. The number of nitrogens with zero attached hydrogens (tertiary/aromatic N) is 2. The summed E-state index contributed by atoms with van der Waals surface area (Å²) in [4.78, 5) is 30.8. The molecule has 1 fully saturated rings. The third-order valence-electron chi connectivity index (χ3n) is 4.05. The standard InChI is InChI=1S/C18H22N4O3S/c1-12-4-3-5-14(10-12)20-18-21-15(11-26-18)16(23)19-13(2)17(24)22-6-8-25-9-7-22/h3-5,10-11,13H,6-9H2,1-2H3,(H,19,23)(H,20,21). The molecule has 0 aliphatic carbocycles. The van der Waals surface area contributed by atoms with Gasteiger partial charge >= 0.3 is 0 Å². The smallest absolute Gasteiger partial charge is 0.271 e. The zero-order chi connectivity index (χ0) is 18.5. The van der Waals surface area contributed by atoms with Gasteiger partial charge in [-0.3, -0.25) is 9.59 Å². The summed E-state index contributed by atoms with van der Waals surface area (Å²) in [6.45, 7) is 5.88. The number of rotatable bonds is 5. The summed E-state index contributed by atoms with van der Waals surface area (Å²) in [6.07, 6.45) is 0. The van der Waals surface area contributed by atoms with Crippen LogP contribution in [0.5, 0.6) is 0 Å². The lowest BCUT2D eigenvalue weighted by atomic mass is 10.2. The Morgan fingerprint density at radius 1 is 1.31 bits per heavy atom. The molecule has 0 spiro atoms. The van der Waals surface area contributed by atoms with E-state index in [4.69, 9.17) is 4.74 Å². The Kier molecular flexibility index (Phi) is 5.85. The zero-order valence-corrected chi connectivity index (χ0v) is 15.6. The molecule has 0 radical (unpaired) electrons. The fourth-order valence-corrected chi connectivity index (χ4v) is 3.38. The Bertz CT molecular complexity index is 786. The molecule has 0 bridgehead atoms. The van der Waals surface area contributed by atoms with Crippen LogP contribution in [-0.4, -0.2) is 54.0 Å². The van der Waals surface area contributed by atoms with Gasteiger partial charge in [0.05, 0.1) is 13.2 Å². The second-order valence-electron chi connectivity index (χ2n) is 6.17. The molecular formula is C18H22N4O3S. The lowest BCUT2D eigenvalue weighted by Crippen LogP contribution is -2.50. The molecule has 3 rings (SSSR count). The number of nitrogens with one attached hydrogen (secondary N) is 2. The van der Waals surface area contributed by atoms with Crippen LogP contribution >= 0.6 is 11.3 Å². The molecule has 26 heavy (non-hydrogen) atoms. The van der Waals surface area contributed by atoms with E-state index in [1.54, 1.807) is 17.2 Å². The number of amides is 2. The average Bonchev–Trinajstić information content (AvgIpc) is 3.10. The van der Waals surface area contributed by atoms with Gasteiger partial charge in [-0.05, 0) is 31.5 Å². The first kappa shape index (κ1) is 18.3. The van der Waals surface area contributed by atoms with Gasteiger partial charge in [0, 0.05) is 24.2 Å². The van der Waals surface area contributed by atoms with E-state index < -0.39 is 6.04 Å². The number of anilines is 2. The number of ether oxygens (including phenoxy) is 1. The normalized spacial score (nSPS) is 15.4. The van der Waals surface area contributed by atoms with Crippen molar-refractivity contribution in [3.05, 3.63) is 40.9 Å². The molecule has 1 atom stereocenters. The molecule has 1 aromatic carbocycles. The third-order valence-corrected chi connectivity index (χ3v) is 4.80. The van der Waals surface area contributed by atoms with E-state index in [1.165, 1.54) is 11.3 Å². The largest absolute Gasteiger partial charge is 0.378 e. The summed E-state index contributed by atoms with van der Waals surface area (Å²) >= 11 is 1.35. The van der Waals surface area contributed by atoms with Gasteiger partial charge in [0.25, 0.3) is 5.91 Å². The van der Waals surface area contributed by atoms with Crippen LogP contribution in [-0.2, 0) is 9.53 Å². The van der Waals surface area contributed by atoms with Crippen molar-refractivity contribution >= 4 is 34.0 Å². The number of benzene rings is 1. The number of carbonyl (C=O) groups excluding carboxylic acids is 2. The van der Waals surface area contributed by atoms with Crippen LogP contribution in [0.4, 0.5) is 10.8 Å². The molecule has 138 valence electrons. The highest BCUT2D eigenvalue weighted by molar-refractivity contribution is 7.14. The maximum Gasteiger partial charge on any atom is 0.271 e. The first-order valence-corrected chi connectivity index (χ1v) is 9.37. The predicted molar refractivity (Wildman–Crippen MR) is 101 cm³/mol. The molecule has 0 saturated carbocycles. The maximum absolute atomic E-state index is 12.4. The summed E-state index contributed by atoms with van der Waals surface area (Å²) in [7, 11) is 0. The first-order chi connectivity index (χ1) is 12.5. The van der Waals surface area contributed by atoms with Gasteiger partial charge in [0.1, 0.15) is 11.7 Å². The van der Waals surface area contributed by atoms with Gasteiger partial charge in [-0.1, -0.05) is 12.1 Å². The van der Waals surface area contributed by atoms with Crippen LogP contribution in [0.1, 0.15) is 23.0 Å². The number of carbonyl (C=O) groups is 2. The summed E-state index contributed by atoms with van der Waals surface area (Å²) < 4.78 is 5.24. The van der Waals surface area contributed by atoms with Gasteiger partial charge in [-0.2, -0.15) is 0 Å². The van der Waals surface area contributed by atoms with E-state index in [-0.39, 0.29) is 11.8 Å². The molecule has 1 saturated heterocycles. The number of aromatic nitrogens is 1.